The van der Waals surface area contributed by atoms with E-state index in [2.05, 4.69) is 15.5 Å². The van der Waals surface area contributed by atoms with Crippen LogP contribution in [0.2, 0.25) is 0 Å². The van der Waals surface area contributed by atoms with Crippen molar-refractivity contribution in [2.75, 3.05) is 77.7 Å². The molecule has 3 aliphatic rings. The molecular formula is C24H38N4O4. The van der Waals surface area contributed by atoms with Crippen molar-refractivity contribution in [1.82, 2.24) is 10.2 Å². The molecule has 1 aromatic rings. The van der Waals surface area contributed by atoms with Gasteiger partial charge in [0.15, 0.2) is 17.5 Å². The van der Waals surface area contributed by atoms with Gasteiger partial charge >= 0.3 is 0 Å². The van der Waals surface area contributed by atoms with Crippen LogP contribution >= 0.6 is 0 Å². The van der Waals surface area contributed by atoms with Crippen LogP contribution in [0.4, 0.5) is 5.69 Å². The maximum absolute atomic E-state index is 5.83. The van der Waals surface area contributed by atoms with E-state index in [-0.39, 0.29) is 0 Å². The van der Waals surface area contributed by atoms with Crippen LogP contribution in [-0.4, -0.2) is 83.2 Å². The predicted octanol–water partition coefficient (Wildman–Crippen LogP) is 2.74. The summed E-state index contributed by atoms with van der Waals surface area (Å²) in [4.78, 5) is 7.23. The van der Waals surface area contributed by atoms with Crippen molar-refractivity contribution in [1.29, 1.82) is 0 Å². The summed E-state index contributed by atoms with van der Waals surface area (Å²) >= 11 is 0. The molecule has 8 nitrogen and oxygen atoms in total. The van der Waals surface area contributed by atoms with Crippen LogP contribution in [0, 0.1) is 5.92 Å². The Morgan fingerprint density at radius 1 is 1.06 bits per heavy atom. The summed E-state index contributed by atoms with van der Waals surface area (Å²) in [6, 6.07) is 5.96. The van der Waals surface area contributed by atoms with Crippen LogP contribution in [0.15, 0.2) is 23.2 Å². The Bertz CT molecular complexity index is 720. The molecule has 178 valence electrons. The predicted molar refractivity (Wildman–Crippen MR) is 126 cm³/mol. The van der Waals surface area contributed by atoms with Gasteiger partial charge in [-0.1, -0.05) is 0 Å². The number of nitrogens with one attached hydrogen (secondary N) is 2. The molecule has 1 aromatic carbocycles. The molecule has 0 aromatic heterocycles. The molecule has 0 atom stereocenters. The average Bonchev–Trinajstić information content (AvgIpc) is 3.66. The third-order valence-electron chi connectivity index (χ3n) is 5.82. The van der Waals surface area contributed by atoms with Crippen LogP contribution in [-0.2, 0) is 9.47 Å². The minimum absolute atomic E-state index is 0.679. The number of ether oxygens (including phenoxy) is 4. The maximum atomic E-state index is 5.83. The molecule has 4 rings (SSSR count). The van der Waals surface area contributed by atoms with Gasteiger partial charge in [0.1, 0.15) is 0 Å². The Morgan fingerprint density at radius 2 is 1.91 bits per heavy atom. The number of morpholine rings is 1. The molecule has 1 saturated carbocycles. The summed E-state index contributed by atoms with van der Waals surface area (Å²) < 4.78 is 22.7. The number of rotatable bonds is 11. The molecule has 0 amide bonds. The van der Waals surface area contributed by atoms with Gasteiger partial charge in [-0.2, -0.15) is 0 Å². The Hall–Kier alpha value is -2.03. The molecule has 1 aliphatic carbocycles. The van der Waals surface area contributed by atoms with E-state index in [4.69, 9.17) is 23.9 Å². The Kier molecular flexibility index (Phi) is 9.30. The van der Waals surface area contributed by atoms with Crippen LogP contribution in [0.5, 0.6) is 11.5 Å². The molecule has 0 radical (unpaired) electrons. The third-order valence-corrected chi connectivity index (χ3v) is 5.82. The Balaban J connectivity index is 1.26. The van der Waals surface area contributed by atoms with Gasteiger partial charge in [-0.15, -0.1) is 0 Å². The first-order valence-electron chi connectivity index (χ1n) is 12.2. The highest BCUT2D eigenvalue weighted by Gasteiger charge is 2.20. The normalized spacial score (nSPS) is 19.4. The number of anilines is 1. The molecule has 0 bridgehead atoms. The quantitative estimate of drug-likeness (QED) is 0.307. The summed E-state index contributed by atoms with van der Waals surface area (Å²) in [5.41, 5.74) is 0.943. The molecular weight excluding hydrogens is 408 g/mol. The van der Waals surface area contributed by atoms with Crippen molar-refractivity contribution in [2.24, 2.45) is 10.9 Å². The van der Waals surface area contributed by atoms with E-state index in [1.54, 1.807) is 0 Å². The minimum Gasteiger partial charge on any atom is -0.490 e. The molecule has 0 unspecified atom stereocenters. The number of guanidine groups is 1. The van der Waals surface area contributed by atoms with Crippen LogP contribution in [0.1, 0.15) is 32.1 Å². The van der Waals surface area contributed by atoms with E-state index in [0.717, 1.165) is 107 Å². The fourth-order valence-corrected chi connectivity index (χ4v) is 3.74. The number of aliphatic imine (C=N–C) groups is 1. The average molecular weight is 447 g/mol. The number of hydrogen-bond acceptors (Lipinski definition) is 6. The van der Waals surface area contributed by atoms with Crippen molar-refractivity contribution in [3.05, 3.63) is 18.2 Å². The summed E-state index contributed by atoms with van der Waals surface area (Å²) in [7, 11) is 0. The fourth-order valence-electron chi connectivity index (χ4n) is 3.74. The van der Waals surface area contributed by atoms with Crippen LogP contribution in [0.25, 0.3) is 0 Å². The van der Waals surface area contributed by atoms with Gasteiger partial charge in [0.25, 0.3) is 0 Å². The molecule has 2 aliphatic heterocycles. The first-order chi connectivity index (χ1) is 15.9. The topological polar surface area (TPSA) is 76.6 Å². The summed E-state index contributed by atoms with van der Waals surface area (Å²) in [5.74, 6) is 3.19. The highest BCUT2D eigenvalue weighted by Crippen LogP contribution is 2.32. The van der Waals surface area contributed by atoms with Crippen molar-refractivity contribution in [3.8, 4) is 11.5 Å². The van der Waals surface area contributed by atoms with Crippen molar-refractivity contribution >= 4 is 11.6 Å². The first-order valence-corrected chi connectivity index (χ1v) is 12.2. The molecule has 0 spiro atoms. The number of fused-ring (bicyclic) bond motifs is 1. The third kappa shape index (κ3) is 8.15. The SMILES string of the molecule is c1cc2c(cc1NC(=NCCCOCC1CC1)NCCCN1CCOCC1)OCCCO2. The van der Waals surface area contributed by atoms with Crippen molar-refractivity contribution in [3.63, 3.8) is 0 Å². The highest BCUT2D eigenvalue weighted by atomic mass is 16.5. The zero-order valence-corrected chi connectivity index (χ0v) is 19.2. The number of nitrogens with zero attached hydrogens (tertiary/aromatic N) is 2. The second kappa shape index (κ2) is 12.9. The van der Waals surface area contributed by atoms with Gasteiger partial charge in [-0.3, -0.25) is 9.89 Å². The molecule has 2 heterocycles. The molecule has 8 heteroatoms. The van der Waals surface area contributed by atoms with E-state index >= 15 is 0 Å². The van der Waals surface area contributed by atoms with Gasteiger partial charge in [0, 0.05) is 57.6 Å². The van der Waals surface area contributed by atoms with Crippen LogP contribution in [0.3, 0.4) is 0 Å². The molecule has 2 N–H and O–H groups in total. The molecule has 32 heavy (non-hydrogen) atoms. The summed E-state index contributed by atoms with van der Waals surface area (Å²) in [5, 5.41) is 6.92. The van der Waals surface area contributed by atoms with E-state index in [1.165, 1.54) is 12.8 Å². The van der Waals surface area contributed by atoms with Gasteiger partial charge < -0.3 is 29.6 Å². The van der Waals surface area contributed by atoms with E-state index in [0.29, 0.717) is 13.2 Å². The molecule has 2 fully saturated rings. The highest BCUT2D eigenvalue weighted by molar-refractivity contribution is 5.93. The lowest BCUT2D eigenvalue weighted by Gasteiger charge is -2.26. The Morgan fingerprint density at radius 3 is 2.75 bits per heavy atom. The Labute approximate surface area is 191 Å². The first kappa shape index (κ1) is 23.1. The molecule has 1 saturated heterocycles. The van der Waals surface area contributed by atoms with E-state index in [9.17, 15) is 0 Å². The van der Waals surface area contributed by atoms with Crippen LogP contribution < -0.4 is 20.1 Å². The maximum Gasteiger partial charge on any atom is 0.195 e. The monoisotopic (exact) mass is 446 g/mol. The lowest BCUT2D eigenvalue weighted by Crippen LogP contribution is -2.39. The smallest absolute Gasteiger partial charge is 0.195 e. The number of benzene rings is 1. The van der Waals surface area contributed by atoms with E-state index in [1.807, 2.05) is 18.2 Å². The largest absolute Gasteiger partial charge is 0.490 e. The van der Waals surface area contributed by atoms with Gasteiger partial charge in [-0.25, -0.2) is 0 Å². The lowest BCUT2D eigenvalue weighted by atomic mass is 10.2. The second-order valence-electron chi connectivity index (χ2n) is 8.67. The fraction of sp³-hybridized carbons (Fsp3) is 0.708. The second-order valence-corrected chi connectivity index (χ2v) is 8.67. The van der Waals surface area contributed by atoms with Gasteiger partial charge in [0.2, 0.25) is 0 Å². The van der Waals surface area contributed by atoms with Crippen molar-refractivity contribution in [2.45, 2.75) is 32.1 Å². The number of hydrogen-bond donors (Lipinski definition) is 2. The minimum atomic E-state index is 0.679. The summed E-state index contributed by atoms with van der Waals surface area (Å²) in [6.07, 6.45) is 5.55. The van der Waals surface area contributed by atoms with Gasteiger partial charge in [0.05, 0.1) is 26.4 Å². The zero-order valence-electron chi connectivity index (χ0n) is 19.2. The summed E-state index contributed by atoms with van der Waals surface area (Å²) in [6.45, 7) is 9.46. The lowest BCUT2D eigenvalue weighted by molar-refractivity contribution is 0.0376. The zero-order chi connectivity index (χ0) is 21.8. The standard InChI is InChI=1S/C24H38N4O4/c1(10-28-11-16-29-17-12-28)8-25-24(26-9-2-13-30-19-20-4-5-20)27-21-6-7-22-23(18-21)32-15-3-14-31-22/h6-7,18,20H,1-5,8-17,19H2,(H2,25,26,27). The van der Waals surface area contributed by atoms with Gasteiger partial charge in [-0.05, 0) is 50.3 Å². The van der Waals surface area contributed by atoms with Crippen molar-refractivity contribution < 1.29 is 18.9 Å². The van der Waals surface area contributed by atoms with E-state index < -0.39 is 0 Å².